The van der Waals surface area contributed by atoms with Crippen LogP contribution in [0.5, 0.6) is 0 Å². The lowest BCUT2D eigenvalue weighted by Gasteiger charge is -2.44. The Bertz CT molecular complexity index is 192. The van der Waals surface area contributed by atoms with E-state index >= 15 is 0 Å². The van der Waals surface area contributed by atoms with Crippen molar-refractivity contribution in [1.29, 1.82) is 0 Å². The van der Waals surface area contributed by atoms with Gasteiger partial charge in [0.1, 0.15) is 11.6 Å². The molecule has 1 unspecified atom stereocenters. The summed E-state index contributed by atoms with van der Waals surface area (Å²) in [6.07, 6.45) is 1.78. The molecule has 1 aliphatic rings. The first kappa shape index (κ1) is 8.44. The van der Waals surface area contributed by atoms with Crippen molar-refractivity contribution >= 4 is 11.6 Å². The Morgan fingerprint density at radius 3 is 1.73 bits per heavy atom. The maximum Gasteiger partial charge on any atom is 0.143 e. The first-order valence-electron chi connectivity index (χ1n) is 4.04. The molecule has 1 rings (SSSR count). The SMILES string of the molecule is CC(=O)C1(C(C)=O)CCC1C. The number of carbonyl (C=O) groups is 2. The highest BCUT2D eigenvalue weighted by Gasteiger charge is 2.51. The van der Waals surface area contributed by atoms with E-state index in [-0.39, 0.29) is 17.5 Å². The minimum Gasteiger partial charge on any atom is -0.299 e. The van der Waals surface area contributed by atoms with Crippen LogP contribution in [0, 0.1) is 11.3 Å². The monoisotopic (exact) mass is 154 g/mol. The van der Waals surface area contributed by atoms with E-state index in [1.54, 1.807) is 0 Å². The van der Waals surface area contributed by atoms with Crippen LogP contribution in [0.4, 0.5) is 0 Å². The Balaban J connectivity index is 2.90. The smallest absolute Gasteiger partial charge is 0.143 e. The number of hydrogen-bond acceptors (Lipinski definition) is 2. The molecule has 0 aromatic rings. The van der Waals surface area contributed by atoms with Crippen LogP contribution in [0.2, 0.25) is 0 Å². The van der Waals surface area contributed by atoms with Crippen LogP contribution in [0.3, 0.4) is 0 Å². The molecule has 0 radical (unpaired) electrons. The number of Topliss-reactive ketones (excluding diaryl/α,β-unsaturated/α-hetero) is 2. The van der Waals surface area contributed by atoms with Gasteiger partial charge in [0.2, 0.25) is 0 Å². The standard InChI is InChI=1S/C9H14O2/c1-6-4-5-9(6,7(2)10)8(3)11/h6H,4-5H2,1-3H3. The van der Waals surface area contributed by atoms with E-state index < -0.39 is 5.41 Å². The minimum absolute atomic E-state index is 0.0451. The molecule has 0 aliphatic heterocycles. The molecular formula is C9H14O2. The third-order valence-electron chi connectivity index (χ3n) is 3.07. The van der Waals surface area contributed by atoms with Gasteiger partial charge in [0.15, 0.2) is 0 Å². The Hall–Kier alpha value is -0.660. The van der Waals surface area contributed by atoms with Crippen molar-refractivity contribution in [3.8, 4) is 0 Å². The Kier molecular flexibility index (Phi) is 1.87. The van der Waals surface area contributed by atoms with Gasteiger partial charge >= 0.3 is 0 Å². The summed E-state index contributed by atoms with van der Waals surface area (Å²) >= 11 is 0. The average molecular weight is 154 g/mol. The zero-order valence-electron chi connectivity index (χ0n) is 7.31. The van der Waals surface area contributed by atoms with Gasteiger partial charge in [0.05, 0.1) is 5.41 Å². The fraction of sp³-hybridized carbons (Fsp3) is 0.778. The van der Waals surface area contributed by atoms with Gasteiger partial charge in [-0.05, 0) is 32.6 Å². The molecular weight excluding hydrogens is 140 g/mol. The molecule has 1 atom stereocenters. The van der Waals surface area contributed by atoms with Crippen LogP contribution in [-0.4, -0.2) is 11.6 Å². The van der Waals surface area contributed by atoms with Crippen LogP contribution in [-0.2, 0) is 9.59 Å². The second kappa shape index (κ2) is 2.43. The molecule has 11 heavy (non-hydrogen) atoms. The highest BCUT2D eigenvalue weighted by atomic mass is 16.2. The summed E-state index contributed by atoms with van der Waals surface area (Å²) in [5, 5.41) is 0. The van der Waals surface area contributed by atoms with Crippen LogP contribution in [0.15, 0.2) is 0 Å². The molecule has 0 bridgehead atoms. The maximum absolute atomic E-state index is 11.2. The highest BCUT2D eigenvalue weighted by molar-refractivity contribution is 6.06. The molecule has 0 aromatic heterocycles. The fourth-order valence-corrected chi connectivity index (χ4v) is 2.02. The zero-order valence-corrected chi connectivity index (χ0v) is 7.31. The summed E-state index contributed by atoms with van der Waals surface area (Å²) < 4.78 is 0. The lowest BCUT2D eigenvalue weighted by atomic mass is 9.57. The lowest BCUT2D eigenvalue weighted by Crippen LogP contribution is -2.49. The first-order chi connectivity index (χ1) is 5.01. The molecule has 2 nitrogen and oxygen atoms in total. The van der Waals surface area contributed by atoms with Crippen molar-refractivity contribution in [2.24, 2.45) is 11.3 Å². The second-order valence-electron chi connectivity index (χ2n) is 3.52. The molecule has 0 spiro atoms. The minimum atomic E-state index is -0.597. The topological polar surface area (TPSA) is 34.1 Å². The van der Waals surface area contributed by atoms with Gasteiger partial charge in [-0.15, -0.1) is 0 Å². The molecule has 0 aromatic carbocycles. The first-order valence-corrected chi connectivity index (χ1v) is 4.04. The van der Waals surface area contributed by atoms with Crippen molar-refractivity contribution in [2.45, 2.75) is 33.6 Å². The fourth-order valence-electron chi connectivity index (χ4n) is 2.02. The van der Waals surface area contributed by atoms with E-state index in [1.807, 2.05) is 6.92 Å². The molecule has 2 heteroatoms. The molecule has 0 amide bonds. The van der Waals surface area contributed by atoms with Gasteiger partial charge in [-0.25, -0.2) is 0 Å². The second-order valence-corrected chi connectivity index (χ2v) is 3.52. The van der Waals surface area contributed by atoms with E-state index in [0.717, 1.165) is 12.8 Å². The van der Waals surface area contributed by atoms with E-state index in [4.69, 9.17) is 0 Å². The van der Waals surface area contributed by atoms with E-state index in [9.17, 15) is 9.59 Å². The summed E-state index contributed by atoms with van der Waals surface area (Å²) in [6, 6.07) is 0. The number of carbonyl (C=O) groups excluding carboxylic acids is 2. The van der Waals surface area contributed by atoms with Crippen LogP contribution >= 0.6 is 0 Å². The Morgan fingerprint density at radius 1 is 1.27 bits per heavy atom. The predicted molar refractivity (Wildman–Crippen MR) is 42.2 cm³/mol. The van der Waals surface area contributed by atoms with Crippen molar-refractivity contribution in [3.05, 3.63) is 0 Å². The number of ketones is 2. The van der Waals surface area contributed by atoms with Crippen LogP contribution in [0.1, 0.15) is 33.6 Å². The predicted octanol–water partition coefficient (Wildman–Crippen LogP) is 1.58. The van der Waals surface area contributed by atoms with Gasteiger partial charge in [-0.2, -0.15) is 0 Å². The largest absolute Gasteiger partial charge is 0.299 e. The van der Waals surface area contributed by atoms with Crippen molar-refractivity contribution in [3.63, 3.8) is 0 Å². The van der Waals surface area contributed by atoms with Crippen molar-refractivity contribution in [1.82, 2.24) is 0 Å². The van der Waals surface area contributed by atoms with Gasteiger partial charge in [-0.3, -0.25) is 9.59 Å². The van der Waals surface area contributed by atoms with Crippen molar-refractivity contribution < 1.29 is 9.59 Å². The molecule has 0 heterocycles. The van der Waals surface area contributed by atoms with Crippen molar-refractivity contribution in [2.75, 3.05) is 0 Å². The van der Waals surface area contributed by atoms with E-state index in [2.05, 4.69) is 0 Å². The zero-order chi connectivity index (χ0) is 8.65. The normalized spacial score (nSPS) is 27.4. The molecule has 1 aliphatic carbocycles. The van der Waals surface area contributed by atoms with Gasteiger partial charge < -0.3 is 0 Å². The quantitative estimate of drug-likeness (QED) is 0.566. The summed E-state index contributed by atoms with van der Waals surface area (Å²) in [5.41, 5.74) is -0.597. The van der Waals surface area contributed by atoms with Gasteiger partial charge in [0, 0.05) is 0 Å². The highest BCUT2D eigenvalue weighted by Crippen LogP contribution is 2.47. The molecule has 1 fully saturated rings. The Morgan fingerprint density at radius 2 is 1.73 bits per heavy atom. The number of hydrogen-bond donors (Lipinski definition) is 0. The third-order valence-corrected chi connectivity index (χ3v) is 3.07. The van der Waals surface area contributed by atoms with Gasteiger partial charge in [0.25, 0.3) is 0 Å². The van der Waals surface area contributed by atoms with Crippen LogP contribution < -0.4 is 0 Å². The Labute approximate surface area is 67.0 Å². The maximum atomic E-state index is 11.2. The van der Waals surface area contributed by atoms with Crippen LogP contribution in [0.25, 0.3) is 0 Å². The summed E-state index contributed by atoms with van der Waals surface area (Å²) in [6.45, 7) is 5.03. The molecule has 62 valence electrons. The third kappa shape index (κ3) is 0.924. The van der Waals surface area contributed by atoms with Gasteiger partial charge in [-0.1, -0.05) is 6.92 Å². The molecule has 0 N–H and O–H groups in total. The lowest BCUT2D eigenvalue weighted by molar-refractivity contribution is -0.149. The summed E-state index contributed by atoms with van der Waals surface area (Å²) in [4.78, 5) is 22.4. The molecule has 1 saturated carbocycles. The number of rotatable bonds is 2. The van der Waals surface area contributed by atoms with E-state index in [0.29, 0.717) is 0 Å². The summed E-state index contributed by atoms with van der Waals surface area (Å²) in [7, 11) is 0. The molecule has 0 saturated heterocycles. The average Bonchev–Trinajstić information content (AvgIpc) is 1.83. The summed E-state index contributed by atoms with van der Waals surface area (Å²) in [5.74, 6) is 0.352. The van der Waals surface area contributed by atoms with E-state index in [1.165, 1.54) is 13.8 Å².